The summed E-state index contributed by atoms with van der Waals surface area (Å²) in [7, 11) is 3.08. The molecule has 0 saturated carbocycles. The number of hydrogen-bond acceptors (Lipinski definition) is 4. The SMILES string of the molecule is CCC(=C(CC)c1ccc(O)c(OC)c1)c1ccc(O)c(OC)c1. The van der Waals surface area contributed by atoms with Crippen LogP contribution in [0.1, 0.15) is 37.8 Å². The molecule has 2 rings (SSSR count). The fourth-order valence-electron chi connectivity index (χ4n) is 2.91. The van der Waals surface area contributed by atoms with Gasteiger partial charge >= 0.3 is 0 Å². The standard InChI is InChI=1S/C20H24O4/c1-5-15(13-7-9-17(21)19(11-13)23-3)16(6-2)14-8-10-18(22)20(12-14)24-4/h7-12,21-22H,5-6H2,1-4H3. The maximum Gasteiger partial charge on any atom is 0.161 e. The minimum atomic E-state index is 0.126. The molecule has 2 N–H and O–H groups in total. The van der Waals surface area contributed by atoms with Gasteiger partial charge in [0.15, 0.2) is 23.0 Å². The summed E-state index contributed by atoms with van der Waals surface area (Å²) in [5.41, 5.74) is 4.36. The van der Waals surface area contributed by atoms with Gasteiger partial charge in [0.05, 0.1) is 14.2 Å². The minimum absolute atomic E-state index is 0.126. The zero-order valence-electron chi connectivity index (χ0n) is 14.6. The van der Waals surface area contributed by atoms with Gasteiger partial charge in [0.2, 0.25) is 0 Å². The molecule has 2 aromatic carbocycles. The average molecular weight is 328 g/mol. The molecule has 24 heavy (non-hydrogen) atoms. The molecular formula is C20H24O4. The average Bonchev–Trinajstić information content (AvgIpc) is 2.61. The molecule has 0 atom stereocenters. The lowest BCUT2D eigenvalue weighted by molar-refractivity contribution is 0.373. The van der Waals surface area contributed by atoms with E-state index in [1.165, 1.54) is 11.1 Å². The fraction of sp³-hybridized carbons (Fsp3) is 0.300. The first kappa shape index (κ1) is 17.7. The Morgan fingerprint density at radius 2 is 1.12 bits per heavy atom. The van der Waals surface area contributed by atoms with Gasteiger partial charge in [-0.1, -0.05) is 26.0 Å². The molecule has 0 aromatic heterocycles. The normalized spacial score (nSPS) is 11.8. The highest BCUT2D eigenvalue weighted by atomic mass is 16.5. The molecule has 0 aliphatic rings. The van der Waals surface area contributed by atoms with Crippen molar-refractivity contribution in [3.63, 3.8) is 0 Å². The predicted molar refractivity (Wildman–Crippen MR) is 96.7 cm³/mol. The summed E-state index contributed by atoms with van der Waals surface area (Å²) in [6, 6.07) is 10.8. The molecule has 0 aliphatic carbocycles. The van der Waals surface area contributed by atoms with Crippen LogP contribution in [0, 0.1) is 0 Å². The molecule has 0 aliphatic heterocycles. The number of benzene rings is 2. The number of rotatable bonds is 6. The van der Waals surface area contributed by atoms with Gasteiger partial charge in [0, 0.05) is 0 Å². The van der Waals surface area contributed by atoms with Gasteiger partial charge in [0.1, 0.15) is 0 Å². The molecule has 4 nitrogen and oxygen atoms in total. The Kier molecular flexibility index (Phi) is 5.74. The van der Waals surface area contributed by atoms with Crippen LogP contribution in [-0.2, 0) is 0 Å². The van der Waals surface area contributed by atoms with E-state index in [2.05, 4.69) is 13.8 Å². The molecule has 0 spiro atoms. The number of ether oxygens (including phenoxy) is 2. The van der Waals surface area contributed by atoms with E-state index in [1.807, 2.05) is 24.3 Å². The molecule has 0 bridgehead atoms. The van der Waals surface area contributed by atoms with Crippen LogP contribution in [0.15, 0.2) is 36.4 Å². The molecule has 0 heterocycles. The number of phenolic OH excluding ortho intramolecular Hbond substituents is 2. The van der Waals surface area contributed by atoms with Crippen molar-refractivity contribution in [2.75, 3.05) is 14.2 Å². The van der Waals surface area contributed by atoms with Gasteiger partial charge in [-0.25, -0.2) is 0 Å². The van der Waals surface area contributed by atoms with Crippen LogP contribution in [0.2, 0.25) is 0 Å². The number of aromatic hydroxyl groups is 2. The molecule has 0 unspecified atom stereocenters. The van der Waals surface area contributed by atoms with E-state index in [-0.39, 0.29) is 11.5 Å². The van der Waals surface area contributed by atoms with Crippen LogP contribution in [0.5, 0.6) is 23.0 Å². The first-order valence-electron chi connectivity index (χ1n) is 8.02. The highest BCUT2D eigenvalue weighted by molar-refractivity contribution is 5.91. The van der Waals surface area contributed by atoms with Crippen molar-refractivity contribution in [1.29, 1.82) is 0 Å². The van der Waals surface area contributed by atoms with Gasteiger partial charge in [-0.2, -0.15) is 0 Å². The van der Waals surface area contributed by atoms with Crippen molar-refractivity contribution in [2.45, 2.75) is 26.7 Å². The number of phenols is 2. The Bertz CT molecular complexity index is 684. The minimum Gasteiger partial charge on any atom is -0.504 e. The summed E-state index contributed by atoms with van der Waals surface area (Å²) in [6.07, 6.45) is 1.67. The summed E-state index contributed by atoms with van der Waals surface area (Å²) in [4.78, 5) is 0. The number of methoxy groups -OCH3 is 2. The van der Waals surface area contributed by atoms with Gasteiger partial charge in [-0.15, -0.1) is 0 Å². The maximum atomic E-state index is 9.82. The second-order valence-electron chi connectivity index (χ2n) is 5.44. The van der Waals surface area contributed by atoms with Crippen LogP contribution < -0.4 is 9.47 Å². The first-order valence-corrected chi connectivity index (χ1v) is 8.02. The third-order valence-electron chi connectivity index (χ3n) is 4.13. The highest BCUT2D eigenvalue weighted by Gasteiger charge is 2.13. The lowest BCUT2D eigenvalue weighted by Gasteiger charge is -2.16. The van der Waals surface area contributed by atoms with Crippen molar-refractivity contribution in [1.82, 2.24) is 0 Å². The molecular weight excluding hydrogens is 304 g/mol. The molecule has 0 amide bonds. The maximum absolute atomic E-state index is 9.82. The summed E-state index contributed by atoms with van der Waals surface area (Å²) in [5, 5.41) is 19.6. The van der Waals surface area contributed by atoms with Crippen molar-refractivity contribution < 1.29 is 19.7 Å². The zero-order chi connectivity index (χ0) is 17.7. The molecule has 0 saturated heterocycles. The van der Waals surface area contributed by atoms with Crippen molar-refractivity contribution in [3.8, 4) is 23.0 Å². The first-order chi connectivity index (χ1) is 11.5. The Morgan fingerprint density at radius 3 is 1.42 bits per heavy atom. The Labute approximate surface area is 143 Å². The summed E-state index contributed by atoms with van der Waals surface area (Å²) < 4.78 is 10.5. The predicted octanol–water partition coefficient (Wildman–Crippen LogP) is 4.85. The number of allylic oxidation sites excluding steroid dienone is 2. The molecule has 0 radical (unpaired) electrons. The van der Waals surface area contributed by atoms with Crippen LogP contribution in [-0.4, -0.2) is 24.4 Å². The van der Waals surface area contributed by atoms with E-state index in [0.717, 1.165) is 24.0 Å². The van der Waals surface area contributed by atoms with Crippen LogP contribution >= 0.6 is 0 Å². The van der Waals surface area contributed by atoms with Crippen molar-refractivity contribution in [3.05, 3.63) is 47.5 Å². The van der Waals surface area contributed by atoms with Crippen molar-refractivity contribution in [2.24, 2.45) is 0 Å². The van der Waals surface area contributed by atoms with E-state index in [4.69, 9.17) is 9.47 Å². The van der Waals surface area contributed by atoms with Crippen molar-refractivity contribution >= 4 is 11.1 Å². The highest BCUT2D eigenvalue weighted by Crippen LogP contribution is 2.37. The molecule has 4 heteroatoms. The van der Waals surface area contributed by atoms with Gasteiger partial charge in [0.25, 0.3) is 0 Å². The summed E-state index contributed by atoms with van der Waals surface area (Å²) in [5.74, 6) is 1.16. The fourth-order valence-corrected chi connectivity index (χ4v) is 2.91. The van der Waals surface area contributed by atoms with Gasteiger partial charge in [-0.3, -0.25) is 0 Å². The quantitative estimate of drug-likeness (QED) is 0.745. The Morgan fingerprint density at radius 1 is 0.750 bits per heavy atom. The molecule has 2 aromatic rings. The topological polar surface area (TPSA) is 58.9 Å². The third-order valence-corrected chi connectivity index (χ3v) is 4.13. The smallest absolute Gasteiger partial charge is 0.161 e. The summed E-state index contributed by atoms with van der Waals surface area (Å²) >= 11 is 0. The summed E-state index contributed by atoms with van der Waals surface area (Å²) in [6.45, 7) is 4.20. The monoisotopic (exact) mass is 328 g/mol. The van der Waals surface area contributed by atoms with Crippen LogP contribution in [0.25, 0.3) is 11.1 Å². The molecule has 0 fully saturated rings. The zero-order valence-corrected chi connectivity index (χ0v) is 14.6. The van der Waals surface area contributed by atoms with Gasteiger partial charge < -0.3 is 19.7 Å². The number of hydrogen-bond donors (Lipinski definition) is 2. The van der Waals surface area contributed by atoms with E-state index < -0.39 is 0 Å². The van der Waals surface area contributed by atoms with E-state index >= 15 is 0 Å². The van der Waals surface area contributed by atoms with Crippen LogP contribution in [0.3, 0.4) is 0 Å². The largest absolute Gasteiger partial charge is 0.504 e. The second kappa shape index (κ2) is 7.77. The molecule has 128 valence electrons. The van der Waals surface area contributed by atoms with Gasteiger partial charge in [-0.05, 0) is 59.4 Å². The lowest BCUT2D eigenvalue weighted by Crippen LogP contribution is -1.94. The van der Waals surface area contributed by atoms with E-state index in [0.29, 0.717) is 11.5 Å². The lowest BCUT2D eigenvalue weighted by atomic mass is 9.91. The van der Waals surface area contributed by atoms with Crippen LogP contribution in [0.4, 0.5) is 0 Å². The Hall–Kier alpha value is -2.62. The van der Waals surface area contributed by atoms with E-state index in [9.17, 15) is 10.2 Å². The van der Waals surface area contributed by atoms with E-state index in [1.54, 1.807) is 26.4 Å². The third kappa shape index (κ3) is 3.48. The second-order valence-corrected chi connectivity index (χ2v) is 5.44. The Balaban J connectivity index is 2.62.